The van der Waals surface area contributed by atoms with Gasteiger partial charge in [-0.3, -0.25) is 9.59 Å². The molecule has 6 nitrogen and oxygen atoms in total. The summed E-state index contributed by atoms with van der Waals surface area (Å²) in [5, 5.41) is 7.19. The van der Waals surface area contributed by atoms with Gasteiger partial charge < -0.3 is 10.2 Å². The van der Waals surface area contributed by atoms with E-state index in [-0.39, 0.29) is 17.5 Å². The third-order valence-corrected chi connectivity index (χ3v) is 3.88. The molecule has 0 aromatic carbocycles. The monoisotopic (exact) mass is 292 g/mol. The van der Waals surface area contributed by atoms with Crippen LogP contribution >= 0.6 is 0 Å². The molecule has 21 heavy (non-hydrogen) atoms. The Kier molecular flexibility index (Phi) is 5.50. The first-order valence-electron chi connectivity index (χ1n) is 7.67. The topological polar surface area (TPSA) is 67.2 Å². The number of carbonyl (C=O) groups excluding carboxylic acids is 1. The van der Waals surface area contributed by atoms with Gasteiger partial charge in [-0.2, -0.15) is 5.10 Å². The summed E-state index contributed by atoms with van der Waals surface area (Å²) in [6.45, 7) is 4.61. The van der Waals surface area contributed by atoms with E-state index < -0.39 is 0 Å². The van der Waals surface area contributed by atoms with Crippen LogP contribution in [0, 0.1) is 0 Å². The highest BCUT2D eigenvalue weighted by molar-refractivity contribution is 5.92. The lowest BCUT2D eigenvalue weighted by atomic mass is 10.1. The predicted octanol–water partition coefficient (Wildman–Crippen LogP) is 0.867. The van der Waals surface area contributed by atoms with E-state index in [0.717, 1.165) is 38.8 Å². The third-order valence-electron chi connectivity index (χ3n) is 3.88. The Balaban J connectivity index is 2.00. The lowest BCUT2D eigenvalue weighted by Crippen LogP contribution is -2.43. The van der Waals surface area contributed by atoms with E-state index in [9.17, 15) is 9.59 Å². The van der Waals surface area contributed by atoms with Crippen molar-refractivity contribution in [1.82, 2.24) is 20.0 Å². The van der Waals surface area contributed by atoms with Crippen molar-refractivity contribution in [2.45, 2.75) is 45.2 Å². The Morgan fingerprint density at radius 3 is 2.76 bits per heavy atom. The van der Waals surface area contributed by atoms with Crippen molar-refractivity contribution < 1.29 is 4.79 Å². The molecule has 1 fully saturated rings. The maximum absolute atomic E-state index is 12.2. The number of nitrogens with zero attached hydrogens (tertiary/aromatic N) is 3. The van der Waals surface area contributed by atoms with Gasteiger partial charge in [0.05, 0.1) is 0 Å². The summed E-state index contributed by atoms with van der Waals surface area (Å²) >= 11 is 0. The Morgan fingerprint density at radius 1 is 1.38 bits per heavy atom. The maximum atomic E-state index is 12.2. The maximum Gasteiger partial charge on any atom is 0.271 e. The van der Waals surface area contributed by atoms with Crippen LogP contribution in [0.1, 0.15) is 43.1 Å². The van der Waals surface area contributed by atoms with E-state index in [4.69, 9.17) is 0 Å². The van der Waals surface area contributed by atoms with E-state index in [0.29, 0.717) is 12.2 Å². The summed E-state index contributed by atoms with van der Waals surface area (Å²) in [5.74, 6) is -0.185. The number of unbranched alkanes of at least 4 members (excludes halogenated alkanes) is 1. The third kappa shape index (κ3) is 4.39. The number of likely N-dealkylation sites (tertiary alicyclic amines) is 1. The van der Waals surface area contributed by atoms with Crippen LogP contribution in [-0.2, 0) is 6.54 Å². The van der Waals surface area contributed by atoms with Crippen LogP contribution in [0.15, 0.2) is 16.9 Å². The molecule has 2 rings (SSSR count). The Labute approximate surface area is 125 Å². The van der Waals surface area contributed by atoms with Crippen LogP contribution in [0.3, 0.4) is 0 Å². The first kappa shape index (κ1) is 15.7. The Hall–Kier alpha value is -1.69. The molecule has 1 amide bonds. The molecule has 6 heteroatoms. The molecule has 0 saturated carbocycles. The van der Waals surface area contributed by atoms with Crippen molar-refractivity contribution in [2.75, 3.05) is 20.1 Å². The molecule has 116 valence electrons. The molecular weight excluding hydrogens is 268 g/mol. The highest BCUT2D eigenvalue weighted by Crippen LogP contribution is 2.08. The lowest BCUT2D eigenvalue weighted by Gasteiger charge is -2.29. The van der Waals surface area contributed by atoms with Crippen LogP contribution in [0.2, 0.25) is 0 Å². The minimum atomic E-state index is -0.185. The highest BCUT2D eigenvalue weighted by atomic mass is 16.2. The Morgan fingerprint density at radius 2 is 2.10 bits per heavy atom. The SMILES string of the molecule is CCCCn1nc(C(=O)NC2CCN(C)CC2)ccc1=O. The molecule has 1 aromatic rings. The summed E-state index contributed by atoms with van der Waals surface area (Å²) in [4.78, 5) is 26.2. The summed E-state index contributed by atoms with van der Waals surface area (Å²) < 4.78 is 1.38. The zero-order valence-electron chi connectivity index (χ0n) is 12.8. The standard InChI is InChI=1S/C15H24N4O2/c1-3-4-9-19-14(20)6-5-13(17-19)15(21)16-12-7-10-18(2)11-8-12/h5-6,12H,3-4,7-11H2,1-2H3,(H,16,21). The zero-order valence-corrected chi connectivity index (χ0v) is 12.8. The molecule has 0 radical (unpaired) electrons. The van der Waals surface area contributed by atoms with Crippen LogP contribution in [-0.4, -0.2) is 46.8 Å². The first-order valence-corrected chi connectivity index (χ1v) is 7.67. The molecule has 1 N–H and O–H groups in total. The van der Waals surface area contributed by atoms with Crippen molar-refractivity contribution in [2.24, 2.45) is 0 Å². The number of carbonyl (C=O) groups is 1. The number of amides is 1. The van der Waals surface area contributed by atoms with Gasteiger partial charge in [0, 0.05) is 18.7 Å². The molecule has 0 bridgehead atoms. The fourth-order valence-electron chi connectivity index (χ4n) is 2.45. The van der Waals surface area contributed by atoms with Crippen molar-refractivity contribution in [1.29, 1.82) is 0 Å². The van der Waals surface area contributed by atoms with E-state index in [1.165, 1.54) is 16.8 Å². The fourth-order valence-corrected chi connectivity index (χ4v) is 2.45. The molecule has 1 aromatic heterocycles. The van der Waals surface area contributed by atoms with Crippen LogP contribution in [0.25, 0.3) is 0 Å². The van der Waals surface area contributed by atoms with Gasteiger partial charge in [0.2, 0.25) is 0 Å². The summed E-state index contributed by atoms with van der Waals surface area (Å²) in [7, 11) is 2.09. The first-order chi connectivity index (χ1) is 10.1. The fraction of sp³-hybridized carbons (Fsp3) is 0.667. The number of hydrogen-bond acceptors (Lipinski definition) is 4. The molecule has 0 spiro atoms. The second kappa shape index (κ2) is 7.36. The van der Waals surface area contributed by atoms with Crippen LogP contribution in [0.4, 0.5) is 0 Å². The molecule has 0 aliphatic carbocycles. The second-order valence-electron chi connectivity index (χ2n) is 5.68. The molecule has 1 saturated heterocycles. The van der Waals surface area contributed by atoms with Gasteiger partial charge in [0.1, 0.15) is 5.69 Å². The predicted molar refractivity (Wildman–Crippen MR) is 81.4 cm³/mol. The van der Waals surface area contributed by atoms with Gasteiger partial charge in [-0.1, -0.05) is 13.3 Å². The van der Waals surface area contributed by atoms with Crippen molar-refractivity contribution >= 4 is 5.91 Å². The summed E-state index contributed by atoms with van der Waals surface area (Å²) in [5.41, 5.74) is 0.170. The lowest BCUT2D eigenvalue weighted by molar-refractivity contribution is 0.0909. The van der Waals surface area contributed by atoms with Gasteiger partial charge in [-0.15, -0.1) is 0 Å². The highest BCUT2D eigenvalue weighted by Gasteiger charge is 2.20. The number of aryl methyl sites for hydroxylation is 1. The van der Waals surface area contributed by atoms with Crippen molar-refractivity contribution in [3.05, 3.63) is 28.2 Å². The average Bonchev–Trinajstić information content (AvgIpc) is 2.48. The molecular formula is C15H24N4O2. The second-order valence-corrected chi connectivity index (χ2v) is 5.68. The zero-order chi connectivity index (χ0) is 15.2. The number of nitrogens with one attached hydrogen (secondary N) is 1. The van der Waals surface area contributed by atoms with Crippen molar-refractivity contribution in [3.8, 4) is 0 Å². The molecule has 1 aliphatic rings. The molecule has 1 aliphatic heterocycles. The molecule has 0 atom stereocenters. The quantitative estimate of drug-likeness (QED) is 0.874. The normalized spacial score (nSPS) is 16.9. The molecule has 2 heterocycles. The largest absolute Gasteiger partial charge is 0.348 e. The van der Waals surface area contributed by atoms with E-state index >= 15 is 0 Å². The van der Waals surface area contributed by atoms with Gasteiger partial charge >= 0.3 is 0 Å². The number of aromatic nitrogens is 2. The van der Waals surface area contributed by atoms with E-state index in [1.54, 1.807) is 0 Å². The number of rotatable bonds is 5. The van der Waals surface area contributed by atoms with E-state index in [1.807, 2.05) is 0 Å². The smallest absolute Gasteiger partial charge is 0.271 e. The summed E-state index contributed by atoms with van der Waals surface area (Å²) in [6.07, 6.45) is 3.78. The molecule has 0 unspecified atom stereocenters. The summed E-state index contributed by atoms with van der Waals surface area (Å²) in [6, 6.07) is 3.13. The Bertz CT molecular complexity index is 533. The van der Waals surface area contributed by atoms with Crippen LogP contribution in [0.5, 0.6) is 0 Å². The number of hydrogen-bond donors (Lipinski definition) is 1. The van der Waals surface area contributed by atoms with Gasteiger partial charge in [0.15, 0.2) is 0 Å². The van der Waals surface area contributed by atoms with Crippen molar-refractivity contribution in [3.63, 3.8) is 0 Å². The van der Waals surface area contributed by atoms with Gasteiger partial charge in [0.25, 0.3) is 11.5 Å². The average molecular weight is 292 g/mol. The van der Waals surface area contributed by atoms with E-state index in [2.05, 4.69) is 29.3 Å². The number of piperidine rings is 1. The van der Waals surface area contributed by atoms with Crippen LogP contribution < -0.4 is 10.9 Å². The minimum Gasteiger partial charge on any atom is -0.348 e. The minimum absolute atomic E-state index is 0.153. The van der Waals surface area contributed by atoms with Gasteiger partial charge in [-0.05, 0) is 45.5 Å². The van der Waals surface area contributed by atoms with Gasteiger partial charge in [-0.25, -0.2) is 4.68 Å².